The van der Waals surface area contributed by atoms with Crippen molar-refractivity contribution in [2.45, 2.75) is 33.8 Å². The van der Waals surface area contributed by atoms with Crippen LogP contribution >= 0.6 is 0 Å². The van der Waals surface area contributed by atoms with Crippen molar-refractivity contribution < 1.29 is 5.11 Å². The van der Waals surface area contributed by atoms with Gasteiger partial charge < -0.3 is 15.3 Å². The molecule has 3 heteroatoms. The van der Waals surface area contributed by atoms with Crippen LogP contribution in [0.25, 0.3) is 0 Å². The van der Waals surface area contributed by atoms with E-state index in [1.165, 1.54) is 0 Å². The van der Waals surface area contributed by atoms with Crippen molar-refractivity contribution in [2.24, 2.45) is 0 Å². The number of rotatable bonds is 7. The van der Waals surface area contributed by atoms with Crippen LogP contribution in [0.5, 0.6) is 0 Å². The lowest BCUT2D eigenvalue weighted by Crippen LogP contribution is -2.31. The van der Waals surface area contributed by atoms with Gasteiger partial charge in [-0.25, -0.2) is 0 Å². The molecule has 0 aliphatic carbocycles. The number of hydrogen-bond donors (Lipinski definition) is 2. The molecule has 0 heterocycles. The summed E-state index contributed by atoms with van der Waals surface area (Å²) < 4.78 is 0. The van der Waals surface area contributed by atoms with Crippen molar-refractivity contribution in [3.63, 3.8) is 0 Å². The predicted molar refractivity (Wildman–Crippen MR) is 61.2 cm³/mol. The van der Waals surface area contributed by atoms with Gasteiger partial charge in [-0.2, -0.15) is 0 Å². The number of aliphatic hydroxyl groups excluding tert-OH is 1. The molecule has 0 spiro atoms. The van der Waals surface area contributed by atoms with Gasteiger partial charge in [0.15, 0.2) is 0 Å². The minimum atomic E-state index is -0.365. The summed E-state index contributed by atoms with van der Waals surface area (Å²) in [5.41, 5.74) is 1.05. The monoisotopic (exact) mass is 200 g/mol. The van der Waals surface area contributed by atoms with E-state index < -0.39 is 0 Å². The highest BCUT2D eigenvalue weighted by molar-refractivity contribution is 4.98. The molecule has 0 saturated carbocycles. The number of likely N-dealkylation sites (N-methyl/N-ethyl adjacent to an activating group) is 1. The summed E-state index contributed by atoms with van der Waals surface area (Å²) in [6.07, 6.45) is 1.46. The SMILES string of the molecule is CCN(CC)CCN/C(C)=C/C(C)O. The van der Waals surface area contributed by atoms with Crippen LogP contribution in [0.15, 0.2) is 11.8 Å². The molecule has 84 valence electrons. The van der Waals surface area contributed by atoms with Gasteiger partial charge in [0.1, 0.15) is 0 Å². The number of aliphatic hydroxyl groups is 1. The zero-order chi connectivity index (χ0) is 11.0. The van der Waals surface area contributed by atoms with Crippen molar-refractivity contribution in [1.82, 2.24) is 10.2 Å². The molecule has 0 aromatic heterocycles. The second kappa shape index (κ2) is 7.83. The topological polar surface area (TPSA) is 35.5 Å². The zero-order valence-electron chi connectivity index (χ0n) is 9.88. The molecule has 0 amide bonds. The first kappa shape index (κ1) is 13.5. The second-order valence-corrected chi connectivity index (χ2v) is 3.54. The molecule has 0 saturated heterocycles. The molecule has 0 aliphatic heterocycles. The number of allylic oxidation sites excluding steroid dienone is 1. The molecule has 1 unspecified atom stereocenters. The van der Waals surface area contributed by atoms with Gasteiger partial charge in [-0.3, -0.25) is 0 Å². The summed E-state index contributed by atoms with van der Waals surface area (Å²) in [5, 5.41) is 12.4. The van der Waals surface area contributed by atoms with Crippen LogP contribution in [0.4, 0.5) is 0 Å². The van der Waals surface area contributed by atoms with Gasteiger partial charge in [-0.1, -0.05) is 13.8 Å². The minimum Gasteiger partial charge on any atom is -0.389 e. The van der Waals surface area contributed by atoms with Gasteiger partial charge in [0, 0.05) is 18.8 Å². The third kappa shape index (κ3) is 6.92. The van der Waals surface area contributed by atoms with Gasteiger partial charge in [0.05, 0.1) is 6.10 Å². The molecular formula is C11H24N2O. The summed E-state index contributed by atoms with van der Waals surface area (Å²) in [7, 11) is 0. The fraction of sp³-hybridized carbons (Fsp3) is 0.818. The number of hydrogen-bond acceptors (Lipinski definition) is 3. The maximum absolute atomic E-state index is 9.10. The molecule has 2 N–H and O–H groups in total. The normalized spacial score (nSPS) is 14.6. The van der Waals surface area contributed by atoms with E-state index in [4.69, 9.17) is 5.11 Å². The van der Waals surface area contributed by atoms with E-state index in [1.807, 2.05) is 13.0 Å². The predicted octanol–water partition coefficient (Wildman–Crippen LogP) is 1.20. The third-order valence-electron chi connectivity index (χ3n) is 2.22. The van der Waals surface area contributed by atoms with Crippen LogP contribution in [-0.4, -0.2) is 42.3 Å². The van der Waals surface area contributed by atoms with Crippen LogP contribution in [0.3, 0.4) is 0 Å². The summed E-state index contributed by atoms with van der Waals surface area (Å²) >= 11 is 0. The molecule has 1 atom stereocenters. The van der Waals surface area contributed by atoms with E-state index in [1.54, 1.807) is 6.92 Å². The lowest BCUT2D eigenvalue weighted by molar-refractivity contribution is 0.242. The van der Waals surface area contributed by atoms with Crippen molar-refractivity contribution in [2.75, 3.05) is 26.2 Å². The Balaban J connectivity index is 3.62. The van der Waals surface area contributed by atoms with E-state index in [9.17, 15) is 0 Å². The van der Waals surface area contributed by atoms with Crippen LogP contribution in [0.1, 0.15) is 27.7 Å². The van der Waals surface area contributed by atoms with Gasteiger partial charge in [0.25, 0.3) is 0 Å². The van der Waals surface area contributed by atoms with E-state index >= 15 is 0 Å². The Morgan fingerprint density at radius 2 is 2.00 bits per heavy atom. The molecule has 0 aromatic rings. The Kier molecular flexibility index (Phi) is 7.52. The third-order valence-corrected chi connectivity index (χ3v) is 2.22. The first-order valence-electron chi connectivity index (χ1n) is 5.42. The highest BCUT2D eigenvalue weighted by Gasteiger charge is 1.98. The number of nitrogens with zero attached hydrogens (tertiary/aromatic N) is 1. The standard InChI is InChI=1S/C11H24N2O/c1-5-13(6-2)8-7-12-10(3)9-11(4)14/h9,11-12,14H,5-8H2,1-4H3/b10-9+. The van der Waals surface area contributed by atoms with Crippen LogP contribution in [0, 0.1) is 0 Å². The first-order valence-corrected chi connectivity index (χ1v) is 5.42. The van der Waals surface area contributed by atoms with E-state index in [0.717, 1.165) is 31.9 Å². The molecule has 0 rings (SSSR count). The van der Waals surface area contributed by atoms with Crippen LogP contribution in [-0.2, 0) is 0 Å². The smallest absolute Gasteiger partial charge is 0.0712 e. The van der Waals surface area contributed by atoms with Gasteiger partial charge in [0.2, 0.25) is 0 Å². The molecule has 14 heavy (non-hydrogen) atoms. The summed E-state index contributed by atoms with van der Waals surface area (Å²) in [4.78, 5) is 2.36. The molecule has 0 aliphatic rings. The van der Waals surface area contributed by atoms with Crippen LogP contribution in [0.2, 0.25) is 0 Å². The molecular weight excluding hydrogens is 176 g/mol. The van der Waals surface area contributed by atoms with Gasteiger partial charge >= 0.3 is 0 Å². The molecule has 0 radical (unpaired) electrons. The van der Waals surface area contributed by atoms with E-state index in [2.05, 4.69) is 24.1 Å². The fourth-order valence-electron chi connectivity index (χ4n) is 1.37. The Labute approximate surface area is 87.8 Å². The average Bonchev–Trinajstić information content (AvgIpc) is 2.11. The highest BCUT2D eigenvalue weighted by Crippen LogP contribution is 1.91. The maximum Gasteiger partial charge on any atom is 0.0712 e. The van der Waals surface area contributed by atoms with Crippen LogP contribution < -0.4 is 5.32 Å². The number of nitrogens with one attached hydrogen (secondary N) is 1. The molecule has 0 bridgehead atoms. The lowest BCUT2D eigenvalue weighted by atomic mass is 10.3. The van der Waals surface area contributed by atoms with E-state index in [-0.39, 0.29) is 6.10 Å². The highest BCUT2D eigenvalue weighted by atomic mass is 16.3. The van der Waals surface area contributed by atoms with Crippen molar-refractivity contribution in [3.05, 3.63) is 11.8 Å². The summed E-state index contributed by atoms with van der Waals surface area (Å²) in [6.45, 7) is 12.3. The summed E-state index contributed by atoms with van der Waals surface area (Å²) in [5.74, 6) is 0. The lowest BCUT2D eigenvalue weighted by Gasteiger charge is -2.18. The Morgan fingerprint density at radius 3 is 2.43 bits per heavy atom. The quantitative estimate of drug-likeness (QED) is 0.648. The van der Waals surface area contributed by atoms with Gasteiger partial charge in [-0.05, 0) is 33.0 Å². The first-order chi connectivity index (χ1) is 6.60. The van der Waals surface area contributed by atoms with Crippen molar-refractivity contribution in [1.29, 1.82) is 0 Å². The Hall–Kier alpha value is -0.540. The van der Waals surface area contributed by atoms with Crippen molar-refractivity contribution in [3.8, 4) is 0 Å². The van der Waals surface area contributed by atoms with Gasteiger partial charge in [-0.15, -0.1) is 0 Å². The molecule has 0 aromatic carbocycles. The minimum absolute atomic E-state index is 0.365. The zero-order valence-corrected chi connectivity index (χ0v) is 9.88. The molecule has 3 nitrogen and oxygen atoms in total. The summed E-state index contributed by atoms with van der Waals surface area (Å²) in [6, 6.07) is 0. The maximum atomic E-state index is 9.10. The molecule has 0 fully saturated rings. The fourth-order valence-corrected chi connectivity index (χ4v) is 1.37. The van der Waals surface area contributed by atoms with Crippen molar-refractivity contribution >= 4 is 0 Å². The Bertz CT molecular complexity index is 163. The largest absolute Gasteiger partial charge is 0.389 e. The Morgan fingerprint density at radius 1 is 1.43 bits per heavy atom. The van der Waals surface area contributed by atoms with E-state index in [0.29, 0.717) is 0 Å². The average molecular weight is 200 g/mol. The second-order valence-electron chi connectivity index (χ2n) is 3.54.